The van der Waals surface area contributed by atoms with E-state index in [9.17, 15) is 4.79 Å². The lowest BCUT2D eigenvalue weighted by atomic mass is 9.99. The van der Waals surface area contributed by atoms with Gasteiger partial charge in [0.05, 0.1) is 13.0 Å². The molecule has 0 heterocycles. The average molecular weight is 260 g/mol. The SMILES string of the molecule is COc1ccc2cc([C@H](C)C(=O)SC)ccc2c1. The molecule has 1 atom stereocenters. The third-order valence-electron chi connectivity index (χ3n) is 3.13. The summed E-state index contributed by atoms with van der Waals surface area (Å²) in [5, 5.41) is 2.46. The molecular weight excluding hydrogens is 244 g/mol. The molecule has 0 aliphatic heterocycles. The topological polar surface area (TPSA) is 26.3 Å². The zero-order valence-electron chi connectivity index (χ0n) is 10.8. The van der Waals surface area contributed by atoms with Crippen LogP contribution in [0.25, 0.3) is 10.8 Å². The maximum atomic E-state index is 11.7. The Bertz CT molecular complexity index is 578. The van der Waals surface area contributed by atoms with Gasteiger partial charge in [-0.15, -0.1) is 0 Å². The monoisotopic (exact) mass is 260 g/mol. The van der Waals surface area contributed by atoms with Crippen molar-refractivity contribution < 1.29 is 9.53 Å². The first kappa shape index (κ1) is 13.0. The summed E-state index contributed by atoms with van der Waals surface area (Å²) in [6.45, 7) is 1.95. The van der Waals surface area contributed by atoms with Gasteiger partial charge >= 0.3 is 0 Å². The molecule has 3 heteroatoms. The van der Waals surface area contributed by atoms with Crippen LogP contribution in [0.4, 0.5) is 0 Å². The number of fused-ring (bicyclic) bond motifs is 1. The highest BCUT2D eigenvalue weighted by Crippen LogP contribution is 2.27. The van der Waals surface area contributed by atoms with E-state index in [0.29, 0.717) is 0 Å². The molecule has 2 aromatic rings. The fourth-order valence-electron chi connectivity index (χ4n) is 1.95. The summed E-state index contributed by atoms with van der Waals surface area (Å²) >= 11 is 1.28. The zero-order valence-corrected chi connectivity index (χ0v) is 11.6. The summed E-state index contributed by atoms with van der Waals surface area (Å²) in [5.74, 6) is 0.787. The number of carbonyl (C=O) groups excluding carboxylic acids is 1. The van der Waals surface area contributed by atoms with Crippen LogP contribution < -0.4 is 4.74 Å². The fourth-order valence-corrected chi connectivity index (χ4v) is 2.44. The molecule has 0 amide bonds. The minimum absolute atomic E-state index is 0.0634. The van der Waals surface area contributed by atoms with E-state index in [2.05, 4.69) is 6.07 Å². The van der Waals surface area contributed by atoms with Crippen molar-refractivity contribution in [2.24, 2.45) is 0 Å². The van der Waals surface area contributed by atoms with E-state index >= 15 is 0 Å². The number of hydrogen-bond donors (Lipinski definition) is 0. The van der Waals surface area contributed by atoms with Crippen molar-refractivity contribution in [3.05, 3.63) is 42.0 Å². The van der Waals surface area contributed by atoms with Crippen LogP contribution in [0.1, 0.15) is 18.4 Å². The molecule has 0 saturated heterocycles. The first-order chi connectivity index (χ1) is 8.65. The normalized spacial score (nSPS) is 12.4. The lowest BCUT2D eigenvalue weighted by molar-refractivity contribution is -0.111. The van der Waals surface area contributed by atoms with E-state index in [1.54, 1.807) is 7.11 Å². The van der Waals surface area contributed by atoms with Crippen molar-refractivity contribution >= 4 is 27.6 Å². The Morgan fingerprint density at radius 3 is 2.50 bits per heavy atom. The molecule has 0 aliphatic rings. The summed E-state index contributed by atoms with van der Waals surface area (Å²) in [6.07, 6.45) is 1.82. The standard InChI is InChI=1S/C15H16O2S/c1-10(15(16)18-3)11-4-5-13-9-14(17-2)7-6-12(13)8-11/h4-10H,1-3H3/t10-/m0/s1. The van der Waals surface area contributed by atoms with Crippen LogP contribution in [-0.2, 0) is 4.79 Å². The van der Waals surface area contributed by atoms with Gasteiger partial charge in [-0.25, -0.2) is 0 Å². The lowest BCUT2D eigenvalue weighted by Gasteiger charge is -2.10. The van der Waals surface area contributed by atoms with Crippen LogP contribution in [0, 0.1) is 0 Å². The van der Waals surface area contributed by atoms with Crippen LogP contribution in [0.5, 0.6) is 5.75 Å². The molecule has 0 aliphatic carbocycles. The highest BCUT2D eigenvalue weighted by Gasteiger charge is 2.14. The number of benzene rings is 2. The predicted molar refractivity (Wildman–Crippen MR) is 77.4 cm³/mol. The lowest BCUT2D eigenvalue weighted by Crippen LogP contribution is -2.03. The Morgan fingerprint density at radius 2 is 1.83 bits per heavy atom. The van der Waals surface area contributed by atoms with Crippen LogP contribution in [-0.4, -0.2) is 18.5 Å². The molecule has 0 unspecified atom stereocenters. The number of methoxy groups -OCH3 is 1. The van der Waals surface area contributed by atoms with Gasteiger partial charge in [-0.05, 0) is 34.7 Å². The highest BCUT2D eigenvalue weighted by molar-refractivity contribution is 8.13. The van der Waals surface area contributed by atoms with E-state index in [0.717, 1.165) is 22.1 Å². The van der Waals surface area contributed by atoms with Gasteiger partial charge in [0.25, 0.3) is 0 Å². The molecule has 0 spiro atoms. The highest BCUT2D eigenvalue weighted by atomic mass is 32.2. The second kappa shape index (κ2) is 5.44. The first-order valence-electron chi connectivity index (χ1n) is 5.81. The molecule has 0 saturated carbocycles. The fraction of sp³-hybridized carbons (Fsp3) is 0.267. The molecule has 0 fully saturated rings. The molecule has 2 aromatic carbocycles. The maximum Gasteiger partial charge on any atom is 0.195 e. The van der Waals surface area contributed by atoms with Crippen LogP contribution in [0.15, 0.2) is 36.4 Å². The van der Waals surface area contributed by atoms with Gasteiger partial charge in [-0.1, -0.05) is 43.0 Å². The smallest absolute Gasteiger partial charge is 0.195 e. The van der Waals surface area contributed by atoms with E-state index in [1.165, 1.54) is 11.8 Å². The van der Waals surface area contributed by atoms with Gasteiger partial charge in [-0.3, -0.25) is 4.79 Å². The number of rotatable bonds is 3. The minimum Gasteiger partial charge on any atom is -0.497 e. The third kappa shape index (κ3) is 2.51. The van der Waals surface area contributed by atoms with Crippen molar-refractivity contribution in [3.63, 3.8) is 0 Å². The van der Waals surface area contributed by atoms with E-state index < -0.39 is 0 Å². The van der Waals surface area contributed by atoms with Gasteiger partial charge in [0, 0.05) is 0 Å². The van der Waals surface area contributed by atoms with Crippen LogP contribution in [0.2, 0.25) is 0 Å². The zero-order chi connectivity index (χ0) is 13.1. The third-order valence-corrected chi connectivity index (χ3v) is 3.88. The second-order valence-electron chi connectivity index (χ2n) is 4.22. The number of hydrogen-bond acceptors (Lipinski definition) is 3. The summed E-state index contributed by atoms with van der Waals surface area (Å²) in [6, 6.07) is 12.1. The maximum absolute atomic E-state index is 11.7. The minimum atomic E-state index is -0.0634. The Hall–Kier alpha value is -1.48. The summed E-state index contributed by atoms with van der Waals surface area (Å²) in [7, 11) is 1.66. The molecule has 0 N–H and O–H groups in total. The van der Waals surface area contributed by atoms with Crippen LogP contribution >= 0.6 is 11.8 Å². The van der Waals surface area contributed by atoms with Crippen molar-refractivity contribution in [1.29, 1.82) is 0 Å². The molecule has 0 aromatic heterocycles. The van der Waals surface area contributed by atoms with Crippen molar-refractivity contribution in [3.8, 4) is 5.75 Å². The van der Waals surface area contributed by atoms with E-state index in [-0.39, 0.29) is 11.0 Å². The molecule has 2 nitrogen and oxygen atoms in total. The first-order valence-corrected chi connectivity index (χ1v) is 7.03. The molecule has 94 valence electrons. The van der Waals surface area contributed by atoms with Gasteiger partial charge < -0.3 is 4.74 Å². The number of ether oxygens (including phenoxy) is 1. The summed E-state index contributed by atoms with van der Waals surface area (Å²) in [4.78, 5) is 11.7. The Morgan fingerprint density at radius 1 is 1.17 bits per heavy atom. The quantitative estimate of drug-likeness (QED) is 0.838. The van der Waals surface area contributed by atoms with E-state index in [4.69, 9.17) is 4.74 Å². The molecule has 18 heavy (non-hydrogen) atoms. The van der Waals surface area contributed by atoms with Crippen molar-refractivity contribution in [2.75, 3.05) is 13.4 Å². The molecule has 0 radical (unpaired) electrons. The summed E-state index contributed by atoms with van der Waals surface area (Å²) < 4.78 is 5.20. The van der Waals surface area contributed by atoms with Crippen molar-refractivity contribution in [2.45, 2.75) is 12.8 Å². The molecule has 2 rings (SSSR count). The van der Waals surface area contributed by atoms with Crippen LogP contribution in [0.3, 0.4) is 0 Å². The Labute approximate surface area is 111 Å². The molecular formula is C15H16O2S. The van der Waals surface area contributed by atoms with Gasteiger partial charge in [0.2, 0.25) is 0 Å². The number of thioether (sulfide) groups is 1. The van der Waals surface area contributed by atoms with Gasteiger partial charge in [-0.2, -0.15) is 0 Å². The predicted octanol–water partition coefficient (Wildman–Crippen LogP) is 3.84. The Kier molecular flexibility index (Phi) is 3.92. The molecule has 0 bridgehead atoms. The number of carbonyl (C=O) groups is 1. The second-order valence-corrected chi connectivity index (χ2v) is 5.03. The van der Waals surface area contributed by atoms with Gasteiger partial charge in [0.15, 0.2) is 5.12 Å². The Balaban J connectivity index is 2.42. The van der Waals surface area contributed by atoms with Gasteiger partial charge in [0.1, 0.15) is 5.75 Å². The largest absolute Gasteiger partial charge is 0.497 e. The summed E-state index contributed by atoms with van der Waals surface area (Å²) in [5.41, 5.74) is 1.06. The average Bonchev–Trinajstić information content (AvgIpc) is 2.44. The van der Waals surface area contributed by atoms with Crippen molar-refractivity contribution in [1.82, 2.24) is 0 Å². The van der Waals surface area contributed by atoms with E-state index in [1.807, 2.05) is 43.5 Å².